The largest absolute Gasteiger partial charge is 0.316 e. The van der Waals surface area contributed by atoms with Crippen molar-refractivity contribution >= 4 is 12.6 Å². The van der Waals surface area contributed by atoms with Crippen molar-refractivity contribution in [3.8, 4) is 0 Å². The summed E-state index contributed by atoms with van der Waals surface area (Å²) in [6.45, 7) is 2.05. The molecule has 0 spiro atoms. The molecule has 0 amide bonds. The Balaban J connectivity index is 2.89. The maximum absolute atomic E-state index is 5.53. The zero-order valence-corrected chi connectivity index (χ0v) is 6.81. The summed E-state index contributed by atoms with van der Waals surface area (Å²) in [6.07, 6.45) is 0. The number of thiol groups is 1. The fraction of sp³-hybridized carbons (Fsp3) is 0.250. The van der Waals surface area contributed by atoms with Gasteiger partial charge in [-0.1, -0.05) is 29.8 Å². The van der Waals surface area contributed by atoms with Crippen LogP contribution in [0.15, 0.2) is 24.3 Å². The quantitative estimate of drug-likeness (QED) is 0.467. The summed E-state index contributed by atoms with van der Waals surface area (Å²) in [7, 11) is 0. The predicted molar refractivity (Wildman–Crippen MR) is 47.1 cm³/mol. The lowest BCUT2D eigenvalue weighted by Gasteiger charge is -2.03. The number of hydrogen-bond donors (Lipinski definition) is 2. The van der Waals surface area contributed by atoms with Crippen molar-refractivity contribution in [1.29, 1.82) is 0 Å². The van der Waals surface area contributed by atoms with Crippen LogP contribution in [0, 0.1) is 6.92 Å². The van der Waals surface area contributed by atoms with Crippen LogP contribution in [-0.4, -0.2) is 0 Å². The van der Waals surface area contributed by atoms with Gasteiger partial charge in [-0.05, 0) is 12.5 Å². The third-order valence-electron chi connectivity index (χ3n) is 1.42. The van der Waals surface area contributed by atoms with E-state index in [2.05, 4.69) is 12.6 Å². The molecule has 1 atom stereocenters. The van der Waals surface area contributed by atoms with Crippen molar-refractivity contribution in [3.05, 3.63) is 35.4 Å². The average Bonchev–Trinajstić information content (AvgIpc) is 1.88. The molecule has 1 unspecified atom stereocenters. The van der Waals surface area contributed by atoms with E-state index in [9.17, 15) is 0 Å². The van der Waals surface area contributed by atoms with Gasteiger partial charge in [0.1, 0.15) is 0 Å². The van der Waals surface area contributed by atoms with Gasteiger partial charge < -0.3 is 5.73 Å². The highest BCUT2D eigenvalue weighted by atomic mass is 32.1. The second-order valence-electron chi connectivity index (χ2n) is 2.36. The first-order valence-corrected chi connectivity index (χ1v) is 3.72. The highest BCUT2D eigenvalue weighted by Crippen LogP contribution is 2.13. The van der Waals surface area contributed by atoms with E-state index < -0.39 is 0 Å². The maximum atomic E-state index is 5.53. The fourth-order valence-electron chi connectivity index (χ4n) is 0.764. The van der Waals surface area contributed by atoms with E-state index in [1.54, 1.807) is 0 Å². The lowest BCUT2D eigenvalue weighted by molar-refractivity contribution is 1.04. The van der Waals surface area contributed by atoms with Crippen LogP contribution in [-0.2, 0) is 0 Å². The third-order valence-corrected chi connectivity index (χ3v) is 1.72. The first-order valence-electron chi connectivity index (χ1n) is 3.20. The van der Waals surface area contributed by atoms with Gasteiger partial charge in [-0.25, -0.2) is 0 Å². The van der Waals surface area contributed by atoms with Crippen molar-refractivity contribution in [2.75, 3.05) is 0 Å². The molecule has 1 nitrogen and oxygen atoms in total. The molecular weight excluding hydrogens is 142 g/mol. The number of nitrogens with two attached hydrogens (primary N) is 1. The van der Waals surface area contributed by atoms with Crippen molar-refractivity contribution < 1.29 is 0 Å². The second-order valence-corrected chi connectivity index (χ2v) is 2.91. The molecule has 54 valence electrons. The Labute approximate surface area is 66.7 Å². The normalized spacial score (nSPS) is 13.1. The molecule has 0 aromatic heterocycles. The highest BCUT2D eigenvalue weighted by Gasteiger charge is 1.96. The Morgan fingerprint density at radius 2 is 1.80 bits per heavy atom. The molecule has 0 aliphatic heterocycles. The van der Waals surface area contributed by atoms with Gasteiger partial charge >= 0.3 is 0 Å². The van der Waals surface area contributed by atoms with Crippen molar-refractivity contribution in [1.82, 2.24) is 0 Å². The van der Waals surface area contributed by atoms with E-state index in [0.717, 1.165) is 5.56 Å². The van der Waals surface area contributed by atoms with Crippen LogP contribution in [0.1, 0.15) is 16.5 Å². The van der Waals surface area contributed by atoms with Crippen LogP contribution in [0.25, 0.3) is 0 Å². The molecule has 0 fully saturated rings. The first-order chi connectivity index (χ1) is 4.70. The topological polar surface area (TPSA) is 26.0 Å². The molecule has 0 saturated carbocycles. The minimum atomic E-state index is -0.152. The van der Waals surface area contributed by atoms with E-state index in [1.807, 2.05) is 31.2 Å². The minimum absolute atomic E-state index is 0.152. The molecule has 10 heavy (non-hydrogen) atoms. The summed E-state index contributed by atoms with van der Waals surface area (Å²) >= 11 is 4.10. The Morgan fingerprint density at radius 1 is 1.30 bits per heavy atom. The van der Waals surface area contributed by atoms with Gasteiger partial charge in [0.05, 0.1) is 5.37 Å². The number of benzene rings is 1. The molecule has 0 aliphatic rings. The molecule has 2 N–H and O–H groups in total. The second kappa shape index (κ2) is 3.08. The van der Waals surface area contributed by atoms with Crippen molar-refractivity contribution in [2.45, 2.75) is 12.3 Å². The molecule has 0 bridgehead atoms. The predicted octanol–water partition coefficient (Wildman–Crippen LogP) is 1.88. The van der Waals surface area contributed by atoms with Crippen molar-refractivity contribution in [2.24, 2.45) is 5.73 Å². The molecule has 0 radical (unpaired) electrons. The van der Waals surface area contributed by atoms with Crippen molar-refractivity contribution in [3.63, 3.8) is 0 Å². The lowest BCUT2D eigenvalue weighted by atomic mass is 10.1. The van der Waals surface area contributed by atoms with Crippen LogP contribution < -0.4 is 5.73 Å². The van der Waals surface area contributed by atoms with E-state index in [4.69, 9.17) is 5.73 Å². The van der Waals surface area contributed by atoms with Gasteiger partial charge in [0.2, 0.25) is 0 Å². The summed E-state index contributed by atoms with van der Waals surface area (Å²) in [6, 6.07) is 8.05. The number of hydrogen-bond acceptors (Lipinski definition) is 2. The standard InChI is InChI=1S/C8H11NS/c1-6-2-4-7(5-3-6)8(9)10/h2-5,8,10H,9H2,1H3. The molecule has 1 aromatic rings. The monoisotopic (exact) mass is 153 g/mol. The van der Waals surface area contributed by atoms with Gasteiger partial charge in [-0.15, -0.1) is 0 Å². The summed E-state index contributed by atoms with van der Waals surface area (Å²) < 4.78 is 0. The van der Waals surface area contributed by atoms with Crippen LogP contribution in [0.3, 0.4) is 0 Å². The van der Waals surface area contributed by atoms with Gasteiger partial charge in [0.15, 0.2) is 0 Å². The molecule has 0 heterocycles. The Morgan fingerprint density at radius 3 is 2.20 bits per heavy atom. The molecule has 0 aliphatic carbocycles. The fourth-order valence-corrected chi connectivity index (χ4v) is 0.936. The van der Waals surface area contributed by atoms with Gasteiger partial charge in [-0.2, -0.15) is 12.6 Å². The molecular formula is C8H11NS. The molecule has 1 aromatic carbocycles. The van der Waals surface area contributed by atoms with Crippen LogP contribution >= 0.6 is 12.6 Å². The smallest absolute Gasteiger partial charge is 0.0734 e. The summed E-state index contributed by atoms with van der Waals surface area (Å²) in [5.41, 5.74) is 7.84. The number of aryl methyl sites for hydroxylation is 1. The van der Waals surface area contributed by atoms with Crippen LogP contribution in [0.2, 0.25) is 0 Å². The summed E-state index contributed by atoms with van der Waals surface area (Å²) in [5, 5.41) is -0.152. The first kappa shape index (κ1) is 7.63. The lowest BCUT2D eigenvalue weighted by Crippen LogP contribution is -2.01. The van der Waals surface area contributed by atoms with Crippen LogP contribution in [0.5, 0.6) is 0 Å². The number of rotatable bonds is 1. The summed E-state index contributed by atoms with van der Waals surface area (Å²) in [5.74, 6) is 0. The summed E-state index contributed by atoms with van der Waals surface area (Å²) in [4.78, 5) is 0. The Bertz CT molecular complexity index is 203. The highest BCUT2D eigenvalue weighted by molar-refractivity contribution is 7.80. The maximum Gasteiger partial charge on any atom is 0.0734 e. The van der Waals surface area contributed by atoms with E-state index in [1.165, 1.54) is 5.56 Å². The third kappa shape index (κ3) is 1.75. The molecule has 2 heteroatoms. The zero-order valence-electron chi connectivity index (χ0n) is 5.91. The van der Waals surface area contributed by atoms with E-state index >= 15 is 0 Å². The Hall–Kier alpha value is -0.470. The van der Waals surface area contributed by atoms with Gasteiger partial charge in [-0.3, -0.25) is 0 Å². The molecule has 1 rings (SSSR count). The van der Waals surface area contributed by atoms with Gasteiger partial charge in [0.25, 0.3) is 0 Å². The average molecular weight is 153 g/mol. The Kier molecular flexibility index (Phi) is 2.35. The SMILES string of the molecule is Cc1ccc(C(N)S)cc1. The van der Waals surface area contributed by atoms with E-state index in [-0.39, 0.29) is 5.37 Å². The van der Waals surface area contributed by atoms with Gasteiger partial charge in [0, 0.05) is 0 Å². The molecule has 0 saturated heterocycles. The van der Waals surface area contributed by atoms with Crippen LogP contribution in [0.4, 0.5) is 0 Å². The zero-order chi connectivity index (χ0) is 7.56. The van der Waals surface area contributed by atoms with E-state index in [0.29, 0.717) is 0 Å². The minimum Gasteiger partial charge on any atom is -0.316 e.